The number of aromatic nitrogens is 4. The lowest BCUT2D eigenvalue weighted by atomic mass is 9.99. The van der Waals surface area contributed by atoms with Gasteiger partial charge in [0.1, 0.15) is 35.1 Å². The monoisotopic (exact) mass is 439 g/mol. The van der Waals surface area contributed by atoms with Crippen molar-refractivity contribution in [3.05, 3.63) is 30.5 Å². The molecule has 0 aliphatic heterocycles. The van der Waals surface area contributed by atoms with Gasteiger partial charge in [-0.05, 0) is 52.0 Å². The maximum absolute atomic E-state index is 12.0. The fraction of sp³-hybridized carbons (Fsp3) is 0.522. The van der Waals surface area contributed by atoms with Gasteiger partial charge in [-0.15, -0.1) is 0 Å². The van der Waals surface area contributed by atoms with Gasteiger partial charge in [-0.2, -0.15) is 0 Å². The Hall–Kier alpha value is -3.25. The summed E-state index contributed by atoms with van der Waals surface area (Å²) in [6.07, 6.45) is 7.32. The summed E-state index contributed by atoms with van der Waals surface area (Å²) in [5.41, 5.74) is 5.90. The molecule has 2 aromatic rings. The highest BCUT2D eigenvalue weighted by atomic mass is 16.6. The number of hydrogen-bond acceptors (Lipinski definition) is 9. The van der Waals surface area contributed by atoms with E-state index in [1.165, 1.54) is 6.33 Å². The Bertz CT molecular complexity index is 914. The number of carbonyl (C=O) groups excluding carboxylic acids is 1. The SMILES string of the molecule is CCC#Cc1cnc(Nc2cc(NCC(CCN)CCC(=O)OC(C)(C)C)ncn2)cn1. The molecule has 2 aromatic heterocycles. The van der Waals surface area contributed by atoms with Gasteiger partial charge < -0.3 is 21.1 Å². The fourth-order valence-electron chi connectivity index (χ4n) is 2.84. The molecule has 1 atom stereocenters. The van der Waals surface area contributed by atoms with Gasteiger partial charge in [0.05, 0.1) is 12.4 Å². The Kier molecular flexibility index (Phi) is 9.82. The third kappa shape index (κ3) is 9.71. The number of nitrogens with zero attached hydrogens (tertiary/aromatic N) is 4. The summed E-state index contributed by atoms with van der Waals surface area (Å²) >= 11 is 0. The smallest absolute Gasteiger partial charge is 0.306 e. The van der Waals surface area contributed by atoms with Crippen molar-refractivity contribution in [1.29, 1.82) is 0 Å². The molecule has 2 rings (SSSR count). The van der Waals surface area contributed by atoms with E-state index in [9.17, 15) is 4.79 Å². The van der Waals surface area contributed by atoms with Crippen molar-refractivity contribution in [2.24, 2.45) is 11.7 Å². The van der Waals surface area contributed by atoms with E-state index >= 15 is 0 Å². The lowest BCUT2D eigenvalue weighted by Crippen LogP contribution is -2.25. The van der Waals surface area contributed by atoms with E-state index in [0.29, 0.717) is 49.1 Å². The van der Waals surface area contributed by atoms with Gasteiger partial charge >= 0.3 is 5.97 Å². The van der Waals surface area contributed by atoms with Crippen LogP contribution in [0.25, 0.3) is 0 Å². The number of esters is 1. The minimum Gasteiger partial charge on any atom is -0.460 e. The van der Waals surface area contributed by atoms with Crippen molar-refractivity contribution >= 4 is 23.4 Å². The van der Waals surface area contributed by atoms with Crippen molar-refractivity contribution in [3.63, 3.8) is 0 Å². The van der Waals surface area contributed by atoms with Gasteiger partial charge in [0, 0.05) is 25.5 Å². The molecule has 0 aliphatic carbocycles. The summed E-state index contributed by atoms with van der Waals surface area (Å²) in [5.74, 6) is 7.75. The largest absolute Gasteiger partial charge is 0.460 e. The highest BCUT2D eigenvalue weighted by Gasteiger charge is 2.18. The second kappa shape index (κ2) is 12.6. The van der Waals surface area contributed by atoms with Crippen molar-refractivity contribution in [3.8, 4) is 11.8 Å². The summed E-state index contributed by atoms with van der Waals surface area (Å²) in [6.45, 7) is 8.77. The van der Waals surface area contributed by atoms with E-state index in [2.05, 4.69) is 42.4 Å². The van der Waals surface area contributed by atoms with Gasteiger partial charge in [-0.25, -0.2) is 19.9 Å². The summed E-state index contributed by atoms with van der Waals surface area (Å²) in [6, 6.07) is 1.79. The van der Waals surface area contributed by atoms with Crippen LogP contribution in [0.5, 0.6) is 0 Å². The predicted molar refractivity (Wildman–Crippen MR) is 125 cm³/mol. The molecule has 1 unspecified atom stereocenters. The van der Waals surface area contributed by atoms with Crippen molar-refractivity contribution < 1.29 is 9.53 Å². The van der Waals surface area contributed by atoms with Crippen LogP contribution in [0.2, 0.25) is 0 Å². The number of rotatable bonds is 10. The Morgan fingerprint density at radius 3 is 2.56 bits per heavy atom. The first-order valence-electron chi connectivity index (χ1n) is 10.8. The van der Waals surface area contributed by atoms with E-state index < -0.39 is 5.60 Å². The summed E-state index contributed by atoms with van der Waals surface area (Å²) in [4.78, 5) is 29.1. The maximum Gasteiger partial charge on any atom is 0.306 e. The predicted octanol–water partition coefficient (Wildman–Crippen LogP) is 3.27. The minimum atomic E-state index is -0.476. The standard InChI is InChI=1S/C23H33N7O2/c1-5-6-7-18-14-27-21(15-25-18)30-20-12-19(28-16-29-20)26-13-17(10-11-24)8-9-22(31)32-23(2,3)4/h12,14-17H,5,8-11,13,24H2,1-4H3,(H2,26,27,28,29,30). The molecule has 0 saturated heterocycles. The number of nitrogens with two attached hydrogens (primary N) is 1. The first-order valence-corrected chi connectivity index (χ1v) is 10.8. The molecule has 0 amide bonds. The molecule has 0 spiro atoms. The quantitative estimate of drug-likeness (QED) is 0.377. The summed E-state index contributed by atoms with van der Waals surface area (Å²) in [5, 5.41) is 6.42. The average Bonchev–Trinajstić information content (AvgIpc) is 2.74. The Morgan fingerprint density at radius 2 is 1.91 bits per heavy atom. The number of ether oxygens (including phenoxy) is 1. The fourth-order valence-corrected chi connectivity index (χ4v) is 2.84. The van der Waals surface area contributed by atoms with Crippen LogP contribution in [-0.2, 0) is 9.53 Å². The Morgan fingerprint density at radius 1 is 1.12 bits per heavy atom. The van der Waals surface area contributed by atoms with Gasteiger partial charge in [0.2, 0.25) is 0 Å². The van der Waals surface area contributed by atoms with Gasteiger partial charge in [0.15, 0.2) is 0 Å². The summed E-state index contributed by atoms with van der Waals surface area (Å²) in [7, 11) is 0. The van der Waals surface area contributed by atoms with Crippen LogP contribution >= 0.6 is 0 Å². The highest BCUT2D eigenvalue weighted by Crippen LogP contribution is 2.17. The molecule has 0 fully saturated rings. The van der Waals surface area contributed by atoms with Crippen LogP contribution < -0.4 is 16.4 Å². The van der Waals surface area contributed by atoms with E-state index in [-0.39, 0.29) is 11.9 Å². The molecule has 0 bridgehead atoms. The van der Waals surface area contributed by atoms with Crippen LogP contribution in [0.15, 0.2) is 24.8 Å². The molecular weight excluding hydrogens is 406 g/mol. The molecule has 0 saturated carbocycles. The van der Waals surface area contributed by atoms with E-state index in [0.717, 1.165) is 12.8 Å². The second-order valence-electron chi connectivity index (χ2n) is 8.31. The first kappa shape index (κ1) is 25.0. The van der Waals surface area contributed by atoms with Crippen LogP contribution in [0.1, 0.15) is 59.1 Å². The zero-order valence-electron chi connectivity index (χ0n) is 19.3. The lowest BCUT2D eigenvalue weighted by Gasteiger charge is -2.21. The van der Waals surface area contributed by atoms with Gasteiger partial charge in [0.25, 0.3) is 0 Å². The van der Waals surface area contributed by atoms with E-state index in [4.69, 9.17) is 10.5 Å². The summed E-state index contributed by atoms with van der Waals surface area (Å²) < 4.78 is 5.39. The lowest BCUT2D eigenvalue weighted by molar-refractivity contribution is -0.155. The molecule has 172 valence electrons. The molecule has 0 aromatic carbocycles. The third-order valence-corrected chi connectivity index (χ3v) is 4.29. The third-order valence-electron chi connectivity index (χ3n) is 4.29. The average molecular weight is 440 g/mol. The van der Waals surface area contributed by atoms with Crippen molar-refractivity contribution in [1.82, 2.24) is 19.9 Å². The van der Waals surface area contributed by atoms with Crippen molar-refractivity contribution in [2.75, 3.05) is 23.7 Å². The zero-order chi connectivity index (χ0) is 23.4. The minimum absolute atomic E-state index is 0.194. The number of nitrogens with one attached hydrogen (secondary N) is 2. The van der Waals surface area contributed by atoms with Crippen LogP contribution in [0.4, 0.5) is 17.5 Å². The molecule has 0 radical (unpaired) electrons. The first-order chi connectivity index (χ1) is 15.3. The van der Waals surface area contributed by atoms with Crippen LogP contribution in [-0.4, -0.2) is 44.6 Å². The molecular formula is C23H33N7O2. The van der Waals surface area contributed by atoms with Crippen molar-refractivity contribution in [2.45, 2.75) is 59.0 Å². The number of anilines is 3. The van der Waals surface area contributed by atoms with Crippen LogP contribution in [0.3, 0.4) is 0 Å². The molecule has 32 heavy (non-hydrogen) atoms. The molecule has 0 aliphatic rings. The molecule has 9 nitrogen and oxygen atoms in total. The highest BCUT2D eigenvalue weighted by molar-refractivity contribution is 5.69. The molecule has 2 heterocycles. The molecule has 9 heteroatoms. The van der Waals surface area contributed by atoms with E-state index in [1.807, 2.05) is 27.7 Å². The van der Waals surface area contributed by atoms with Gasteiger partial charge in [-0.1, -0.05) is 12.8 Å². The zero-order valence-corrected chi connectivity index (χ0v) is 19.3. The van der Waals surface area contributed by atoms with E-state index in [1.54, 1.807) is 18.5 Å². The molecule has 4 N–H and O–H groups in total. The Labute approximate surface area is 190 Å². The Balaban J connectivity index is 1.90. The number of hydrogen-bond donors (Lipinski definition) is 3. The van der Waals surface area contributed by atoms with Gasteiger partial charge in [-0.3, -0.25) is 4.79 Å². The van der Waals surface area contributed by atoms with Crippen LogP contribution in [0, 0.1) is 17.8 Å². The normalized spacial score (nSPS) is 11.8. The maximum atomic E-state index is 12.0. The second-order valence-corrected chi connectivity index (χ2v) is 8.31. The topological polar surface area (TPSA) is 128 Å². The number of carbonyl (C=O) groups is 1.